The molecule has 5 rings (SSSR count). The number of aromatic hydroxyl groups is 2. The summed E-state index contributed by atoms with van der Waals surface area (Å²) < 4.78 is 42.2. The van der Waals surface area contributed by atoms with Gasteiger partial charge in [0.15, 0.2) is 11.4 Å². The molecule has 7 nitrogen and oxygen atoms in total. The molecule has 1 aromatic heterocycles. The molecule has 0 aliphatic carbocycles. The highest BCUT2D eigenvalue weighted by molar-refractivity contribution is 5.97. The minimum absolute atomic E-state index is 0.0589. The predicted molar refractivity (Wildman–Crippen MR) is 158 cm³/mol. The van der Waals surface area contributed by atoms with Crippen LogP contribution < -0.4 is 0 Å². The van der Waals surface area contributed by atoms with Crippen LogP contribution in [0.25, 0.3) is 27.7 Å². The van der Waals surface area contributed by atoms with Crippen molar-refractivity contribution in [1.82, 2.24) is 4.57 Å². The zero-order valence-electron chi connectivity index (χ0n) is 23.7. The van der Waals surface area contributed by atoms with E-state index in [0.29, 0.717) is 22.4 Å². The molecule has 220 valence electrons. The van der Waals surface area contributed by atoms with E-state index in [2.05, 4.69) is 10.2 Å². The van der Waals surface area contributed by atoms with Gasteiger partial charge in [0.05, 0.1) is 17.0 Å². The fourth-order valence-electron chi connectivity index (χ4n) is 4.91. The largest absolute Gasteiger partial charge is 0.505 e. The Hall–Kier alpha value is -5.12. The molecule has 4 aromatic carbocycles. The van der Waals surface area contributed by atoms with E-state index in [1.54, 1.807) is 62.4 Å². The Bertz CT molecular complexity index is 1910. The molecule has 1 unspecified atom stereocenters. The Morgan fingerprint density at radius 3 is 2.19 bits per heavy atom. The van der Waals surface area contributed by atoms with Crippen LogP contribution in [0.3, 0.4) is 0 Å². The monoisotopic (exact) mass is 587 g/mol. The summed E-state index contributed by atoms with van der Waals surface area (Å²) in [6.07, 6.45) is -4.60. The molecule has 1 heterocycles. The summed E-state index contributed by atoms with van der Waals surface area (Å²) >= 11 is 0. The van der Waals surface area contributed by atoms with Crippen molar-refractivity contribution in [2.45, 2.75) is 39.8 Å². The smallest absolute Gasteiger partial charge is 0.416 e. The molecule has 0 spiro atoms. The van der Waals surface area contributed by atoms with Crippen molar-refractivity contribution in [1.29, 1.82) is 0 Å². The van der Waals surface area contributed by atoms with Gasteiger partial charge in [-0.15, -0.1) is 10.2 Å². The van der Waals surface area contributed by atoms with Crippen LogP contribution in [0.1, 0.15) is 40.7 Å². The Morgan fingerprint density at radius 2 is 1.56 bits per heavy atom. The van der Waals surface area contributed by atoms with Gasteiger partial charge in [-0.25, -0.2) is 0 Å². The van der Waals surface area contributed by atoms with Gasteiger partial charge in [0.1, 0.15) is 5.69 Å². The third-order valence-electron chi connectivity index (χ3n) is 7.58. The molecule has 0 aliphatic heterocycles. The predicted octanol–water partition coefficient (Wildman–Crippen LogP) is 9.26. The first-order valence-electron chi connectivity index (χ1n) is 13.4. The van der Waals surface area contributed by atoms with Crippen LogP contribution in [-0.2, 0) is 11.0 Å². The third kappa shape index (κ3) is 5.55. The minimum atomic E-state index is -4.60. The normalized spacial score (nSPS) is 12.7. The highest BCUT2D eigenvalue weighted by Crippen LogP contribution is 2.45. The number of carbonyl (C=O) groups is 1. The second kappa shape index (κ2) is 10.9. The zero-order valence-corrected chi connectivity index (χ0v) is 23.7. The number of aromatic nitrogens is 1. The van der Waals surface area contributed by atoms with Gasteiger partial charge in [0, 0.05) is 16.6 Å². The molecule has 0 amide bonds. The van der Waals surface area contributed by atoms with Gasteiger partial charge >= 0.3 is 12.1 Å². The molecular weight excluding hydrogens is 559 g/mol. The highest BCUT2D eigenvalue weighted by atomic mass is 19.4. The highest BCUT2D eigenvalue weighted by Gasteiger charge is 2.32. The molecule has 43 heavy (non-hydrogen) atoms. The van der Waals surface area contributed by atoms with Crippen molar-refractivity contribution in [2.24, 2.45) is 10.2 Å². The second-order valence-corrected chi connectivity index (χ2v) is 10.6. The van der Waals surface area contributed by atoms with Crippen molar-refractivity contribution in [3.8, 4) is 28.4 Å². The van der Waals surface area contributed by atoms with E-state index in [-0.39, 0.29) is 28.0 Å². The lowest BCUT2D eigenvalue weighted by atomic mass is 9.96. The lowest BCUT2D eigenvalue weighted by Gasteiger charge is -2.11. The van der Waals surface area contributed by atoms with E-state index in [4.69, 9.17) is 0 Å². The average Bonchev–Trinajstić information content (AvgIpc) is 3.24. The Kier molecular flexibility index (Phi) is 7.47. The van der Waals surface area contributed by atoms with Gasteiger partial charge in [0.25, 0.3) is 0 Å². The van der Waals surface area contributed by atoms with Crippen LogP contribution in [0.5, 0.6) is 11.6 Å². The number of azo groups is 1. The summed E-state index contributed by atoms with van der Waals surface area (Å²) in [4.78, 5) is 11.3. The Labute approximate surface area is 245 Å². The summed E-state index contributed by atoms with van der Waals surface area (Å²) in [5.74, 6) is -2.26. The van der Waals surface area contributed by atoms with E-state index in [1.807, 2.05) is 19.9 Å². The van der Waals surface area contributed by atoms with Crippen molar-refractivity contribution in [3.05, 3.63) is 101 Å². The van der Waals surface area contributed by atoms with Crippen LogP contribution in [0.2, 0.25) is 0 Å². The van der Waals surface area contributed by atoms with Gasteiger partial charge in [-0.05, 0) is 98.0 Å². The van der Waals surface area contributed by atoms with Gasteiger partial charge in [-0.1, -0.05) is 30.3 Å². The molecule has 0 saturated heterocycles. The maximum Gasteiger partial charge on any atom is 0.416 e. The van der Waals surface area contributed by atoms with Crippen molar-refractivity contribution >= 4 is 28.2 Å². The number of aryl methyl sites for hydroxylation is 3. The number of hydrogen-bond acceptors (Lipinski definition) is 5. The summed E-state index contributed by atoms with van der Waals surface area (Å²) in [5, 5.41) is 40.4. The topological polar surface area (TPSA) is 107 Å². The average molecular weight is 588 g/mol. The van der Waals surface area contributed by atoms with Gasteiger partial charge in [0.2, 0.25) is 5.88 Å². The number of carboxylic acid groups (broad SMARTS) is 1. The third-order valence-corrected chi connectivity index (χ3v) is 7.58. The van der Waals surface area contributed by atoms with E-state index >= 15 is 0 Å². The number of phenols is 1. The summed E-state index contributed by atoms with van der Waals surface area (Å²) in [5.41, 5.74) is 3.94. The first-order valence-corrected chi connectivity index (χ1v) is 13.4. The molecule has 0 fully saturated rings. The number of benzene rings is 4. The molecule has 3 N–H and O–H groups in total. The molecule has 0 radical (unpaired) electrons. The fourth-order valence-corrected chi connectivity index (χ4v) is 4.91. The molecule has 0 saturated carbocycles. The molecule has 5 aromatic rings. The standard InChI is InChI=1S/C33H28F3N3O4/c1-17-13-26(22-8-6-21(7-9-22)20(4)32(42)43)30(40)27(14-17)37-38-29-25-12-10-23(33(34,35)36)16-28(25)39(31(29)41)24-11-5-18(2)19(3)15-24/h5-16,20,40-41H,1-4H3,(H,42,43). The van der Waals surface area contributed by atoms with Crippen molar-refractivity contribution in [3.63, 3.8) is 0 Å². The number of fused-ring (bicyclic) bond motifs is 1. The number of carboxylic acids is 1. The van der Waals surface area contributed by atoms with Gasteiger partial charge < -0.3 is 15.3 Å². The quantitative estimate of drug-likeness (QED) is 0.172. The van der Waals surface area contributed by atoms with Crippen LogP contribution in [0.4, 0.5) is 24.5 Å². The summed E-state index contributed by atoms with van der Waals surface area (Å²) in [6.45, 7) is 7.14. The SMILES string of the molecule is Cc1cc(N=Nc2c(O)n(-c3ccc(C)c(C)c3)c3cc(C(F)(F)F)ccc23)c(O)c(-c2ccc(C(C)C(=O)O)cc2)c1. The molecule has 0 bridgehead atoms. The molecule has 0 aliphatic rings. The maximum absolute atomic E-state index is 13.6. The van der Waals surface area contributed by atoms with Crippen LogP contribution in [0, 0.1) is 20.8 Å². The van der Waals surface area contributed by atoms with E-state index in [9.17, 15) is 33.3 Å². The van der Waals surface area contributed by atoms with E-state index < -0.39 is 29.5 Å². The summed E-state index contributed by atoms with van der Waals surface area (Å²) in [6, 6.07) is 18.5. The number of hydrogen-bond donors (Lipinski definition) is 3. The van der Waals surface area contributed by atoms with E-state index in [0.717, 1.165) is 28.8 Å². The van der Waals surface area contributed by atoms with Crippen molar-refractivity contribution < 1.29 is 33.3 Å². The van der Waals surface area contributed by atoms with E-state index in [1.165, 1.54) is 10.6 Å². The van der Waals surface area contributed by atoms with Gasteiger partial charge in [-0.3, -0.25) is 9.36 Å². The number of phenolic OH excluding ortho intramolecular Hbond substituents is 1. The number of nitrogens with zero attached hydrogens (tertiary/aromatic N) is 3. The first-order chi connectivity index (χ1) is 20.3. The zero-order chi connectivity index (χ0) is 31.2. The number of halogens is 3. The Balaban J connectivity index is 1.63. The second-order valence-electron chi connectivity index (χ2n) is 10.6. The molecule has 10 heteroatoms. The van der Waals surface area contributed by atoms with Crippen LogP contribution >= 0.6 is 0 Å². The lowest BCUT2D eigenvalue weighted by molar-refractivity contribution is -0.138. The number of aliphatic carboxylic acids is 1. The first kappa shape index (κ1) is 29.4. The van der Waals surface area contributed by atoms with Crippen LogP contribution in [-0.4, -0.2) is 25.9 Å². The Morgan fingerprint density at radius 1 is 0.860 bits per heavy atom. The van der Waals surface area contributed by atoms with Crippen LogP contribution in [0.15, 0.2) is 83.0 Å². The lowest BCUT2D eigenvalue weighted by Crippen LogP contribution is -2.06. The molecular formula is C33H28F3N3O4. The molecule has 1 atom stereocenters. The van der Waals surface area contributed by atoms with Crippen molar-refractivity contribution in [2.75, 3.05) is 0 Å². The fraction of sp³-hybridized carbons (Fsp3) is 0.182. The van der Waals surface area contributed by atoms with Gasteiger partial charge in [-0.2, -0.15) is 13.2 Å². The summed E-state index contributed by atoms with van der Waals surface area (Å²) in [7, 11) is 0. The number of alkyl halides is 3. The number of rotatable bonds is 6. The minimum Gasteiger partial charge on any atom is -0.505 e. The maximum atomic E-state index is 13.6.